The molecule has 6 nitrogen and oxygen atoms in total. The van der Waals surface area contributed by atoms with Gasteiger partial charge in [0.2, 0.25) is 0 Å². The summed E-state index contributed by atoms with van der Waals surface area (Å²) in [5, 5.41) is 6.33. The van der Waals surface area contributed by atoms with E-state index < -0.39 is 17.6 Å². The van der Waals surface area contributed by atoms with Crippen molar-refractivity contribution in [3.63, 3.8) is 0 Å². The Kier molecular flexibility index (Phi) is 5.63. The zero-order valence-corrected chi connectivity index (χ0v) is 15.7. The van der Waals surface area contributed by atoms with Crippen molar-refractivity contribution in [2.45, 2.75) is 6.18 Å². The van der Waals surface area contributed by atoms with Gasteiger partial charge in [-0.15, -0.1) is 0 Å². The molecular weight excluding hydrogens is 476 g/mol. The number of hydrogen-bond acceptors (Lipinski definition) is 4. The standard InChI is InChI=1S/C17H12F3IN4O2/c18-17(19,20)11-4-5-15(25-10-22-9-23-25)14(6-11)24-16(26)8-27-13-3-1-2-12(21)7-13/h1-7,9-10H,8H2,(H,24,26). The summed E-state index contributed by atoms with van der Waals surface area (Å²) in [6, 6.07) is 10.0. The third-order valence-corrected chi connectivity index (χ3v) is 4.10. The number of nitrogens with zero attached hydrogens (tertiary/aromatic N) is 3. The number of alkyl halides is 3. The lowest BCUT2D eigenvalue weighted by Gasteiger charge is -2.14. The summed E-state index contributed by atoms with van der Waals surface area (Å²) < 4.78 is 46.6. The molecule has 10 heteroatoms. The number of carbonyl (C=O) groups excluding carboxylic acids is 1. The summed E-state index contributed by atoms with van der Waals surface area (Å²) in [5.41, 5.74) is -0.685. The molecule has 0 aliphatic heterocycles. The van der Waals surface area contributed by atoms with Crippen LogP contribution in [0, 0.1) is 3.57 Å². The molecule has 3 aromatic rings. The summed E-state index contributed by atoms with van der Waals surface area (Å²) in [6.07, 6.45) is -1.98. The van der Waals surface area contributed by atoms with E-state index in [-0.39, 0.29) is 18.0 Å². The molecule has 140 valence electrons. The number of benzene rings is 2. The van der Waals surface area contributed by atoms with Crippen LogP contribution in [0.4, 0.5) is 18.9 Å². The van der Waals surface area contributed by atoms with Crippen molar-refractivity contribution < 1.29 is 22.7 Å². The lowest BCUT2D eigenvalue weighted by Crippen LogP contribution is -2.21. The fourth-order valence-electron chi connectivity index (χ4n) is 2.24. The van der Waals surface area contributed by atoms with Crippen LogP contribution in [0.25, 0.3) is 5.69 Å². The van der Waals surface area contributed by atoms with E-state index in [1.54, 1.807) is 18.2 Å². The molecule has 0 aliphatic carbocycles. The monoisotopic (exact) mass is 488 g/mol. The molecule has 0 fully saturated rings. The van der Waals surface area contributed by atoms with Gasteiger partial charge in [-0.2, -0.15) is 18.3 Å². The molecule has 1 N–H and O–H groups in total. The van der Waals surface area contributed by atoms with Crippen LogP contribution in [0.3, 0.4) is 0 Å². The third kappa shape index (κ3) is 4.96. The minimum Gasteiger partial charge on any atom is -0.484 e. The van der Waals surface area contributed by atoms with Gasteiger partial charge >= 0.3 is 6.18 Å². The highest BCUT2D eigenvalue weighted by atomic mass is 127. The van der Waals surface area contributed by atoms with Gasteiger partial charge < -0.3 is 10.1 Å². The van der Waals surface area contributed by atoms with Crippen molar-refractivity contribution in [3.05, 3.63) is 64.3 Å². The van der Waals surface area contributed by atoms with Crippen molar-refractivity contribution in [1.82, 2.24) is 14.8 Å². The number of halogens is 4. The number of anilines is 1. The van der Waals surface area contributed by atoms with Gasteiger partial charge in [0, 0.05) is 3.57 Å². The van der Waals surface area contributed by atoms with Crippen molar-refractivity contribution in [2.75, 3.05) is 11.9 Å². The summed E-state index contributed by atoms with van der Waals surface area (Å²) in [7, 11) is 0. The first-order valence-corrected chi connectivity index (χ1v) is 8.65. The Bertz CT molecular complexity index is 946. The van der Waals surface area contributed by atoms with Gasteiger partial charge in [-0.05, 0) is 59.0 Å². The van der Waals surface area contributed by atoms with E-state index in [1.165, 1.54) is 23.4 Å². The first-order valence-electron chi connectivity index (χ1n) is 7.57. The van der Waals surface area contributed by atoms with Crippen molar-refractivity contribution >= 4 is 34.2 Å². The Labute approximate surface area is 165 Å². The number of nitrogens with one attached hydrogen (secondary N) is 1. The minimum atomic E-state index is -4.54. The van der Waals surface area contributed by atoms with Crippen LogP contribution in [0.1, 0.15) is 5.56 Å². The minimum absolute atomic E-state index is 0.0495. The molecule has 0 radical (unpaired) electrons. The molecule has 1 heterocycles. The van der Waals surface area contributed by atoms with E-state index in [4.69, 9.17) is 4.74 Å². The topological polar surface area (TPSA) is 69.0 Å². The maximum absolute atomic E-state index is 13.0. The molecule has 0 atom stereocenters. The Morgan fingerprint density at radius 2 is 2.04 bits per heavy atom. The lowest BCUT2D eigenvalue weighted by molar-refractivity contribution is -0.137. The molecule has 0 aliphatic rings. The molecule has 1 aromatic heterocycles. The number of amides is 1. The highest BCUT2D eigenvalue weighted by Crippen LogP contribution is 2.33. The number of carbonyl (C=O) groups is 1. The summed E-state index contributed by atoms with van der Waals surface area (Å²) in [4.78, 5) is 16.0. The summed E-state index contributed by atoms with van der Waals surface area (Å²) >= 11 is 2.10. The van der Waals surface area contributed by atoms with Crippen LogP contribution >= 0.6 is 22.6 Å². The zero-order valence-electron chi connectivity index (χ0n) is 13.6. The van der Waals surface area contributed by atoms with Gasteiger partial charge in [0.15, 0.2) is 6.61 Å². The van der Waals surface area contributed by atoms with Gasteiger partial charge in [0.05, 0.1) is 16.9 Å². The molecule has 2 aromatic carbocycles. The fourth-order valence-corrected chi connectivity index (χ4v) is 2.75. The van der Waals surface area contributed by atoms with E-state index in [2.05, 4.69) is 38.0 Å². The molecule has 0 saturated carbocycles. The summed E-state index contributed by atoms with van der Waals surface area (Å²) in [5.74, 6) is -0.118. The highest BCUT2D eigenvalue weighted by molar-refractivity contribution is 14.1. The maximum Gasteiger partial charge on any atom is 0.416 e. The third-order valence-electron chi connectivity index (χ3n) is 3.43. The first-order chi connectivity index (χ1) is 12.8. The molecule has 0 spiro atoms. The van der Waals surface area contributed by atoms with Crippen LogP contribution in [-0.2, 0) is 11.0 Å². The molecule has 0 saturated heterocycles. The predicted octanol–water partition coefficient (Wildman–Crippen LogP) is 3.91. The average molecular weight is 488 g/mol. The Morgan fingerprint density at radius 3 is 2.70 bits per heavy atom. The van der Waals surface area contributed by atoms with Gasteiger partial charge in [-0.25, -0.2) is 9.67 Å². The SMILES string of the molecule is O=C(COc1cccc(I)c1)Nc1cc(C(F)(F)F)ccc1-n1cncn1. The second kappa shape index (κ2) is 7.94. The molecule has 3 rings (SSSR count). The number of ether oxygens (including phenoxy) is 1. The Balaban J connectivity index is 1.80. The van der Waals surface area contributed by atoms with E-state index in [0.717, 1.165) is 15.7 Å². The maximum atomic E-state index is 13.0. The van der Waals surface area contributed by atoms with Crippen LogP contribution in [0.5, 0.6) is 5.75 Å². The molecular formula is C17H12F3IN4O2. The Morgan fingerprint density at radius 1 is 1.22 bits per heavy atom. The fraction of sp³-hybridized carbons (Fsp3) is 0.118. The van der Waals surface area contributed by atoms with Crippen LogP contribution in [0.15, 0.2) is 55.1 Å². The number of aromatic nitrogens is 3. The predicted molar refractivity (Wildman–Crippen MR) is 99.6 cm³/mol. The van der Waals surface area contributed by atoms with Crippen molar-refractivity contribution in [2.24, 2.45) is 0 Å². The largest absolute Gasteiger partial charge is 0.484 e. The molecule has 0 unspecified atom stereocenters. The molecule has 1 amide bonds. The Hall–Kier alpha value is -2.63. The quantitative estimate of drug-likeness (QED) is 0.554. The highest BCUT2D eigenvalue weighted by Gasteiger charge is 2.31. The van der Waals surface area contributed by atoms with Crippen LogP contribution in [0.2, 0.25) is 0 Å². The second-order valence-electron chi connectivity index (χ2n) is 5.36. The second-order valence-corrected chi connectivity index (χ2v) is 6.61. The van der Waals surface area contributed by atoms with Gasteiger partial charge in [-0.3, -0.25) is 4.79 Å². The average Bonchev–Trinajstić information content (AvgIpc) is 3.13. The van der Waals surface area contributed by atoms with Crippen molar-refractivity contribution in [1.29, 1.82) is 0 Å². The number of rotatable bonds is 5. The lowest BCUT2D eigenvalue weighted by atomic mass is 10.1. The van der Waals surface area contributed by atoms with Gasteiger partial charge in [-0.1, -0.05) is 6.07 Å². The van der Waals surface area contributed by atoms with Gasteiger partial charge in [0.25, 0.3) is 5.91 Å². The number of hydrogen-bond donors (Lipinski definition) is 1. The van der Waals surface area contributed by atoms with Crippen molar-refractivity contribution in [3.8, 4) is 11.4 Å². The van der Waals surface area contributed by atoms with Gasteiger partial charge in [0.1, 0.15) is 18.4 Å². The zero-order chi connectivity index (χ0) is 19.4. The molecule has 0 bridgehead atoms. The smallest absolute Gasteiger partial charge is 0.416 e. The first kappa shape index (κ1) is 19.1. The molecule has 27 heavy (non-hydrogen) atoms. The van der Waals surface area contributed by atoms with E-state index >= 15 is 0 Å². The van der Waals surface area contributed by atoms with Crippen LogP contribution in [-0.4, -0.2) is 27.3 Å². The van der Waals surface area contributed by atoms with E-state index in [0.29, 0.717) is 5.75 Å². The van der Waals surface area contributed by atoms with E-state index in [1.807, 2.05) is 6.07 Å². The van der Waals surface area contributed by atoms with E-state index in [9.17, 15) is 18.0 Å². The summed E-state index contributed by atoms with van der Waals surface area (Å²) in [6.45, 7) is -0.354. The van der Waals surface area contributed by atoms with Crippen LogP contribution < -0.4 is 10.1 Å². The normalized spacial score (nSPS) is 11.3.